The molecule has 4 heteroatoms. The lowest BCUT2D eigenvalue weighted by Gasteiger charge is -2.07. The van der Waals surface area contributed by atoms with Crippen LogP contribution in [-0.2, 0) is 4.79 Å². The SMILES string of the molecule is CCCCCCC(O)CC=CC[C@@H](O)CC(=O)O. The van der Waals surface area contributed by atoms with Gasteiger partial charge in [-0.1, -0.05) is 44.8 Å². The zero-order valence-electron chi connectivity index (χ0n) is 11.2. The molecule has 0 spiro atoms. The van der Waals surface area contributed by atoms with Crippen LogP contribution in [0.2, 0.25) is 0 Å². The van der Waals surface area contributed by atoms with Crippen molar-refractivity contribution >= 4 is 5.97 Å². The molecular formula is C14H26O4. The number of aliphatic hydroxyl groups is 2. The predicted octanol–water partition coefficient (Wildman–Crippen LogP) is 2.49. The van der Waals surface area contributed by atoms with E-state index in [-0.39, 0.29) is 12.5 Å². The minimum atomic E-state index is -0.994. The summed E-state index contributed by atoms with van der Waals surface area (Å²) >= 11 is 0. The highest BCUT2D eigenvalue weighted by molar-refractivity contribution is 5.67. The molecule has 18 heavy (non-hydrogen) atoms. The smallest absolute Gasteiger partial charge is 0.305 e. The first-order valence-electron chi connectivity index (χ1n) is 6.79. The summed E-state index contributed by atoms with van der Waals surface area (Å²) in [6.45, 7) is 2.15. The number of carbonyl (C=O) groups is 1. The van der Waals surface area contributed by atoms with Crippen LogP contribution in [0.25, 0.3) is 0 Å². The quantitative estimate of drug-likeness (QED) is 0.393. The Labute approximate surface area is 109 Å². The van der Waals surface area contributed by atoms with E-state index in [4.69, 9.17) is 5.11 Å². The van der Waals surface area contributed by atoms with Crippen molar-refractivity contribution < 1.29 is 20.1 Å². The maximum Gasteiger partial charge on any atom is 0.305 e. The maximum absolute atomic E-state index is 10.3. The first-order valence-corrected chi connectivity index (χ1v) is 6.79. The van der Waals surface area contributed by atoms with Gasteiger partial charge in [-0.3, -0.25) is 4.79 Å². The van der Waals surface area contributed by atoms with Crippen molar-refractivity contribution in [3.8, 4) is 0 Å². The lowest BCUT2D eigenvalue weighted by molar-refractivity contribution is -0.139. The molecule has 0 aliphatic heterocycles. The summed E-state index contributed by atoms with van der Waals surface area (Å²) in [6.07, 6.45) is 8.49. The van der Waals surface area contributed by atoms with E-state index in [1.165, 1.54) is 12.8 Å². The van der Waals surface area contributed by atoms with Crippen LogP contribution in [0.5, 0.6) is 0 Å². The molecule has 0 aromatic heterocycles. The molecule has 0 heterocycles. The summed E-state index contributed by atoms with van der Waals surface area (Å²) in [5.74, 6) is -0.994. The number of carboxylic acid groups (broad SMARTS) is 1. The average molecular weight is 258 g/mol. The molecule has 2 atom stereocenters. The maximum atomic E-state index is 10.3. The largest absolute Gasteiger partial charge is 0.481 e. The van der Waals surface area contributed by atoms with E-state index in [9.17, 15) is 15.0 Å². The third-order valence-electron chi connectivity index (χ3n) is 2.78. The van der Waals surface area contributed by atoms with Crippen LogP contribution in [0.1, 0.15) is 58.3 Å². The number of rotatable bonds is 11. The van der Waals surface area contributed by atoms with Gasteiger partial charge < -0.3 is 15.3 Å². The van der Waals surface area contributed by atoms with E-state index < -0.39 is 12.1 Å². The second-order valence-electron chi connectivity index (χ2n) is 4.70. The van der Waals surface area contributed by atoms with Crippen LogP contribution in [-0.4, -0.2) is 33.5 Å². The van der Waals surface area contributed by atoms with Crippen molar-refractivity contribution in [3.05, 3.63) is 12.2 Å². The van der Waals surface area contributed by atoms with E-state index in [1.54, 1.807) is 6.08 Å². The third kappa shape index (κ3) is 11.6. The normalized spacial score (nSPS) is 14.8. The van der Waals surface area contributed by atoms with E-state index >= 15 is 0 Å². The van der Waals surface area contributed by atoms with E-state index in [0.29, 0.717) is 12.8 Å². The van der Waals surface area contributed by atoms with Crippen LogP contribution in [0.3, 0.4) is 0 Å². The lowest BCUT2D eigenvalue weighted by Crippen LogP contribution is -2.11. The van der Waals surface area contributed by atoms with Crippen LogP contribution in [0.4, 0.5) is 0 Å². The van der Waals surface area contributed by atoms with E-state index in [2.05, 4.69) is 6.92 Å². The predicted molar refractivity (Wildman–Crippen MR) is 71.4 cm³/mol. The fourth-order valence-corrected chi connectivity index (χ4v) is 1.72. The fraction of sp³-hybridized carbons (Fsp3) is 0.786. The van der Waals surface area contributed by atoms with Gasteiger partial charge in [-0.15, -0.1) is 0 Å². The fourth-order valence-electron chi connectivity index (χ4n) is 1.72. The number of hydrogen-bond acceptors (Lipinski definition) is 3. The van der Waals surface area contributed by atoms with Gasteiger partial charge in [-0.2, -0.15) is 0 Å². The zero-order valence-corrected chi connectivity index (χ0v) is 11.2. The zero-order chi connectivity index (χ0) is 13.8. The molecule has 0 saturated carbocycles. The van der Waals surface area contributed by atoms with Crippen molar-refractivity contribution in [3.63, 3.8) is 0 Å². The molecule has 4 nitrogen and oxygen atoms in total. The number of unbranched alkanes of at least 4 members (excludes halogenated alkanes) is 3. The van der Waals surface area contributed by atoms with Gasteiger partial charge in [-0.25, -0.2) is 0 Å². The Morgan fingerprint density at radius 3 is 2.22 bits per heavy atom. The van der Waals surface area contributed by atoms with Gasteiger partial charge in [0, 0.05) is 0 Å². The highest BCUT2D eigenvalue weighted by Crippen LogP contribution is 2.09. The molecule has 0 aliphatic rings. The van der Waals surface area contributed by atoms with Crippen molar-refractivity contribution in [2.75, 3.05) is 0 Å². The number of carboxylic acids is 1. The van der Waals surface area contributed by atoms with Gasteiger partial charge in [0.2, 0.25) is 0 Å². The van der Waals surface area contributed by atoms with Crippen molar-refractivity contribution in [1.29, 1.82) is 0 Å². The number of hydrogen-bond donors (Lipinski definition) is 3. The summed E-state index contributed by atoms with van der Waals surface area (Å²) in [6, 6.07) is 0. The Bertz CT molecular complexity index is 238. The molecule has 1 unspecified atom stereocenters. The van der Waals surface area contributed by atoms with Gasteiger partial charge in [0.05, 0.1) is 18.6 Å². The van der Waals surface area contributed by atoms with Crippen molar-refractivity contribution in [2.45, 2.75) is 70.5 Å². The molecule has 0 aromatic rings. The first-order chi connectivity index (χ1) is 8.56. The molecule has 0 fully saturated rings. The second kappa shape index (κ2) is 11.2. The Morgan fingerprint density at radius 2 is 1.67 bits per heavy atom. The minimum Gasteiger partial charge on any atom is -0.481 e. The first kappa shape index (κ1) is 17.1. The summed E-state index contributed by atoms with van der Waals surface area (Å²) in [7, 11) is 0. The van der Waals surface area contributed by atoms with Gasteiger partial charge in [-0.05, 0) is 19.3 Å². The monoisotopic (exact) mass is 258 g/mol. The lowest BCUT2D eigenvalue weighted by atomic mass is 10.1. The molecule has 0 bridgehead atoms. The minimum absolute atomic E-state index is 0.232. The van der Waals surface area contributed by atoms with Crippen LogP contribution in [0.15, 0.2) is 12.2 Å². The molecule has 106 valence electrons. The van der Waals surface area contributed by atoms with Gasteiger partial charge >= 0.3 is 5.97 Å². The van der Waals surface area contributed by atoms with Gasteiger partial charge in [0.25, 0.3) is 0 Å². The van der Waals surface area contributed by atoms with Crippen molar-refractivity contribution in [2.24, 2.45) is 0 Å². The van der Waals surface area contributed by atoms with Crippen LogP contribution in [0, 0.1) is 0 Å². The van der Waals surface area contributed by atoms with E-state index in [0.717, 1.165) is 19.3 Å². The Balaban J connectivity index is 3.52. The molecule has 0 amide bonds. The third-order valence-corrected chi connectivity index (χ3v) is 2.78. The average Bonchev–Trinajstić information content (AvgIpc) is 2.29. The van der Waals surface area contributed by atoms with Crippen LogP contribution >= 0.6 is 0 Å². The van der Waals surface area contributed by atoms with E-state index in [1.807, 2.05) is 6.08 Å². The number of aliphatic hydroxyl groups excluding tert-OH is 2. The summed E-state index contributed by atoms with van der Waals surface area (Å²) in [5, 5.41) is 27.4. The molecule has 0 rings (SSSR count). The molecule has 0 aromatic carbocycles. The topological polar surface area (TPSA) is 77.8 Å². The highest BCUT2D eigenvalue weighted by atomic mass is 16.4. The Hall–Kier alpha value is -0.870. The number of aliphatic carboxylic acids is 1. The summed E-state index contributed by atoms with van der Waals surface area (Å²) in [5.41, 5.74) is 0. The Morgan fingerprint density at radius 1 is 1.06 bits per heavy atom. The highest BCUT2D eigenvalue weighted by Gasteiger charge is 2.07. The van der Waals surface area contributed by atoms with Crippen LogP contribution < -0.4 is 0 Å². The molecule has 0 aliphatic carbocycles. The summed E-state index contributed by atoms with van der Waals surface area (Å²) in [4.78, 5) is 10.3. The molecular weight excluding hydrogens is 232 g/mol. The molecule has 0 saturated heterocycles. The molecule has 0 radical (unpaired) electrons. The van der Waals surface area contributed by atoms with Crippen molar-refractivity contribution in [1.82, 2.24) is 0 Å². The second-order valence-corrected chi connectivity index (χ2v) is 4.70. The summed E-state index contributed by atoms with van der Waals surface area (Å²) < 4.78 is 0. The Kier molecular flexibility index (Phi) is 10.7. The van der Waals surface area contributed by atoms with Gasteiger partial charge in [0.1, 0.15) is 0 Å². The van der Waals surface area contributed by atoms with Gasteiger partial charge in [0.15, 0.2) is 0 Å². The standard InChI is InChI=1S/C14H26O4/c1-2-3-4-5-8-12(15)9-6-7-10-13(16)11-14(17)18/h6-7,12-13,15-16H,2-5,8-11H2,1H3,(H,17,18)/t12?,13-/m1/s1. The molecule has 3 N–H and O–H groups in total.